The molecule has 14 heavy (non-hydrogen) atoms. The average molecular weight is 193 g/mol. The van der Waals surface area contributed by atoms with E-state index in [0.717, 1.165) is 12.1 Å². The van der Waals surface area contributed by atoms with E-state index in [4.69, 9.17) is 8.83 Å². The van der Waals surface area contributed by atoms with Gasteiger partial charge in [0, 0.05) is 0 Å². The molecule has 0 saturated carbocycles. The van der Waals surface area contributed by atoms with E-state index >= 15 is 0 Å². The molecule has 5 nitrogen and oxygen atoms in total. The predicted octanol–water partition coefficient (Wildman–Crippen LogP) is 1.44. The molecule has 0 amide bonds. The summed E-state index contributed by atoms with van der Waals surface area (Å²) in [5.41, 5.74) is 0.806. The van der Waals surface area contributed by atoms with Gasteiger partial charge in [-0.05, 0) is 12.6 Å². The van der Waals surface area contributed by atoms with E-state index in [1.54, 1.807) is 18.6 Å². The van der Waals surface area contributed by atoms with Crippen LogP contribution < -0.4 is 5.32 Å². The van der Waals surface area contributed by atoms with Crippen molar-refractivity contribution in [1.82, 2.24) is 15.5 Å². The zero-order valence-electron chi connectivity index (χ0n) is 7.86. The lowest BCUT2D eigenvalue weighted by Gasteiger charge is -1.93. The van der Waals surface area contributed by atoms with E-state index in [1.165, 1.54) is 0 Å². The Kier molecular flexibility index (Phi) is 2.60. The molecule has 2 heterocycles. The fourth-order valence-electron chi connectivity index (χ4n) is 1.06. The van der Waals surface area contributed by atoms with Crippen LogP contribution >= 0.6 is 0 Å². The fourth-order valence-corrected chi connectivity index (χ4v) is 1.06. The normalized spacial score (nSPS) is 10.6. The van der Waals surface area contributed by atoms with Crippen molar-refractivity contribution in [2.45, 2.75) is 13.5 Å². The van der Waals surface area contributed by atoms with Crippen LogP contribution in [-0.4, -0.2) is 16.7 Å². The van der Waals surface area contributed by atoms with E-state index in [2.05, 4.69) is 15.5 Å². The van der Waals surface area contributed by atoms with Crippen LogP contribution in [-0.2, 0) is 6.54 Å². The molecule has 2 aromatic heterocycles. The summed E-state index contributed by atoms with van der Waals surface area (Å²) in [6.07, 6.45) is 3.15. The van der Waals surface area contributed by atoms with Crippen molar-refractivity contribution in [3.05, 3.63) is 24.5 Å². The third-order valence-corrected chi connectivity index (χ3v) is 1.76. The second-order valence-corrected chi connectivity index (χ2v) is 2.79. The summed E-state index contributed by atoms with van der Waals surface area (Å²) < 4.78 is 10.3. The minimum atomic E-state index is 0.492. The maximum Gasteiger partial charge on any atom is 0.251 e. The van der Waals surface area contributed by atoms with Gasteiger partial charge in [0.25, 0.3) is 5.89 Å². The van der Waals surface area contributed by atoms with Gasteiger partial charge in [0.05, 0.1) is 18.4 Å². The van der Waals surface area contributed by atoms with E-state index in [1.807, 2.05) is 6.92 Å². The second kappa shape index (κ2) is 4.06. The van der Waals surface area contributed by atoms with Gasteiger partial charge in [-0.15, -0.1) is 10.2 Å². The summed E-state index contributed by atoms with van der Waals surface area (Å²) in [7, 11) is 0. The van der Waals surface area contributed by atoms with E-state index < -0.39 is 0 Å². The number of hydrogen-bond donors (Lipinski definition) is 1. The predicted molar refractivity (Wildman–Crippen MR) is 49.4 cm³/mol. The summed E-state index contributed by atoms with van der Waals surface area (Å²) >= 11 is 0. The number of aromatic nitrogens is 2. The fraction of sp³-hybridized carbons (Fsp3) is 0.333. The Balaban J connectivity index is 2.10. The van der Waals surface area contributed by atoms with Gasteiger partial charge in [0.1, 0.15) is 6.26 Å². The van der Waals surface area contributed by atoms with Crippen molar-refractivity contribution in [3.8, 4) is 11.5 Å². The molecule has 0 spiro atoms. The van der Waals surface area contributed by atoms with Crippen molar-refractivity contribution >= 4 is 0 Å². The van der Waals surface area contributed by atoms with Crippen LogP contribution in [0.5, 0.6) is 0 Å². The molecule has 0 aromatic carbocycles. The molecule has 74 valence electrons. The minimum Gasteiger partial charge on any atom is -0.472 e. The van der Waals surface area contributed by atoms with Gasteiger partial charge in [0.2, 0.25) is 5.89 Å². The zero-order chi connectivity index (χ0) is 9.80. The first-order valence-corrected chi connectivity index (χ1v) is 4.46. The highest BCUT2D eigenvalue weighted by atomic mass is 16.4. The SMILES string of the molecule is CCNCc1nnc(-c2ccoc2)o1. The van der Waals surface area contributed by atoms with E-state index in [9.17, 15) is 0 Å². The number of rotatable bonds is 4. The lowest BCUT2D eigenvalue weighted by molar-refractivity contribution is 0.481. The van der Waals surface area contributed by atoms with Crippen LogP contribution in [0.2, 0.25) is 0 Å². The Bertz CT molecular complexity index is 380. The molecule has 5 heteroatoms. The number of furan rings is 1. The molecule has 0 atom stereocenters. The van der Waals surface area contributed by atoms with E-state index in [0.29, 0.717) is 18.3 Å². The molecule has 0 fully saturated rings. The van der Waals surface area contributed by atoms with Crippen molar-refractivity contribution < 1.29 is 8.83 Å². The van der Waals surface area contributed by atoms with Crippen LogP contribution in [0.25, 0.3) is 11.5 Å². The Hall–Kier alpha value is -1.62. The van der Waals surface area contributed by atoms with Crippen LogP contribution in [0, 0.1) is 0 Å². The monoisotopic (exact) mass is 193 g/mol. The largest absolute Gasteiger partial charge is 0.472 e. The Morgan fingerprint density at radius 1 is 1.43 bits per heavy atom. The highest BCUT2D eigenvalue weighted by molar-refractivity contribution is 5.49. The molecular weight excluding hydrogens is 182 g/mol. The first-order valence-electron chi connectivity index (χ1n) is 4.46. The molecule has 2 aromatic rings. The first kappa shape index (κ1) is 8.96. The van der Waals surface area contributed by atoms with Gasteiger partial charge in [-0.1, -0.05) is 6.92 Å². The summed E-state index contributed by atoms with van der Waals surface area (Å²) in [4.78, 5) is 0. The molecule has 0 aliphatic heterocycles. The Morgan fingerprint density at radius 3 is 3.07 bits per heavy atom. The topological polar surface area (TPSA) is 64.1 Å². The molecule has 0 saturated heterocycles. The third-order valence-electron chi connectivity index (χ3n) is 1.76. The molecule has 1 N–H and O–H groups in total. The van der Waals surface area contributed by atoms with Gasteiger partial charge in [0.15, 0.2) is 0 Å². The average Bonchev–Trinajstić information content (AvgIpc) is 2.85. The van der Waals surface area contributed by atoms with Crippen LogP contribution in [0.4, 0.5) is 0 Å². The Labute approximate surface area is 81.1 Å². The third kappa shape index (κ3) is 1.82. The van der Waals surface area contributed by atoms with Gasteiger partial charge in [-0.3, -0.25) is 0 Å². The molecule has 0 unspecified atom stereocenters. The summed E-state index contributed by atoms with van der Waals surface area (Å²) in [6, 6.07) is 1.78. The molecule has 0 aliphatic carbocycles. The second-order valence-electron chi connectivity index (χ2n) is 2.79. The molecule has 0 bridgehead atoms. The lowest BCUT2D eigenvalue weighted by Crippen LogP contribution is -2.11. The maximum absolute atomic E-state index is 5.39. The van der Waals surface area contributed by atoms with Crippen LogP contribution in [0.1, 0.15) is 12.8 Å². The standard InChI is InChI=1S/C9H11N3O2/c1-2-10-5-8-11-12-9(14-8)7-3-4-13-6-7/h3-4,6,10H,2,5H2,1H3. The first-order chi connectivity index (χ1) is 6.90. The van der Waals surface area contributed by atoms with Crippen molar-refractivity contribution in [3.63, 3.8) is 0 Å². The molecule has 2 rings (SSSR count). The number of nitrogens with one attached hydrogen (secondary N) is 1. The molecular formula is C9H11N3O2. The maximum atomic E-state index is 5.39. The highest BCUT2D eigenvalue weighted by Crippen LogP contribution is 2.17. The quantitative estimate of drug-likeness (QED) is 0.795. The van der Waals surface area contributed by atoms with Gasteiger partial charge in [-0.2, -0.15) is 0 Å². The Morgan fingerprint density at radius 2 is 2.36 bits per heavy atom. The summed E-state index contributed by atoms with van der Waals surface area (Å²) in [6.45, 7) is 3.50. The number of nitrogens with zero attached hydrogens (tertiary/aromatic N) is 2. The van der Waals surface area contributed by atoms with Crippen molar-refractivity contribution in [1.29, 1.82) is 0 Å². The smallest absolute Gasteiger partial charge is 0.251 e. The molecule has 0 radical (unpaired) electrons. The van der Waals surface area contributed by atoms with Crippen LogP contribution in [0.15, 0.2) is 27.4 Å². The van der Waals surface area contributed by atoms with Crippen LogP contribution in [0.3, 0.4) is 0 Å². The summed E-state index contributed by atoms with van der Waals surface area (Å²) in [5.74, 6) is 1.08. The zero-order valence-corrected chi connectivity index (χ0v) is 7.86. The van der Waals surface area contributed by atoms with Crippen molar-refractivity contribution in [2.24, 2.45) is 0 Å². The van der Waals surface area contributed by atoms with E-state index in [-0.39, 0.29) is 0 Å². The lowest BCUT2D eigenvalue weighted by atomic mass is 10.3. The minimum absolute atomic E-state index is 0.492. The van der Waals surface area contributed by atoms with Gasteiger partial charge < -0.3 is 14.2 Å². The number of hydrogen-bond acceptors (Lipinski definition) is 5. The highest BCUT2D eigenvalue weighted by Gasteiger charge is 2.08. The molecule has 0 aliphatic rings. The summed E-state index contributed by atoms with van der Waals surface area (Å²) in [5, 5.41) is 10.9. The van der Waals surface area contributed by atoms with Gasteiger partial charge >= 0.3 is 0 Å². The van der Waals surface area contributed by atoms with Crippen molar-refractivity contribution in [2.75, 3.05) is 6.54 Å². The van der Waals surface area contributed by atoms with Gasteiger partial charge in [-0.25, -0.2) is 0 Å².